The normalized spacial score (nSPS) is 49.4. The molecule has 2 nitrogen and oxygen atoms in total. The van der Waals surface area contributed by atoms with Gasteiger partial charge in [-0.1, -0.05) is 26.3 Å². The van der Waals surface area contributed by atoms with E-state index in [1.165, 1.54) is 31.3 Å². The van der Waals surface area contributed by atoms with Crippen LogP contribution in [0, 0.1) is 34.5 Å². The molecule has 0 bridgehead atoms. The lowest BCUT2D eigenvalue weighted by Gasteiger charge is -2.60. The predicted octanol–water partition coefficient (Wildman–Crippen LogP) is 4.52. The number of fused-ring (bicyclic) bond motifs is 5. The van der Waals surface area contributed by atoms with Gasteiger partial charge in [-0.25, -0.2) is 0 Å². The molecule has 3 fully saturated rings. The van der Waals surface area contributed by atoms with E-state index in [1.807, 2.05) is 6.08 Å². The standard InChI is InChI=1S/C21H32O2/c1-13(2)21-11-8-15(22)12-14(21)4-5-16-17-6-7-19(23)20(17,3)10-9-18(16)21/h12-13,16-19,23H,4-11H2,1-3H3/t16-,17-,18-,19-,20-,21+/m0/s1. The van der Waals surface area contributed by atoms with E-state index in [-0.39, 0.29) is 16.9 Å². The van der Waals surface area contributed by atoms with Crippen molar-refractivity contribution in [1.29, 1.82) is 0 Å². The van der Waals surface area contributed by atoms with Crippen molar-refractivity contribution >= 4 is 5.78 Å². The fourth-order valence-corrected chi connectivity index (χ4v) is 7.33. The van der Waals surface area contributed by atoms with E-state index in [1.54, 1.807) is 0 Å². The second kappa shape index (κ2) is 5.18. The number of hydrogen-bond acceptors (Lipinski definition) is 2. The SMILES string of the molecule is CC(C)[C@]12CCC(=O)C=C1CC[C@H]1[C@@H]3CC[C@H](O)[C@@]3(C)CC[C@@H]12. The van der Waals surface area contributed by atoms with Gasteiger partial charge in [-0.3, -0.25) is 4.79 Å². The molecule has 0 aliphatic heterocycles. The van der Waals surface area contributed by atoms with Crippen LogP contribution in [0.1, 0.15) is 72.1 Å². The molecule has 4 rings (SSSR count). The molecule has 23 heavy (non-hydrogen) atoms. The Kier molecular flexibility index (Phi) is 3.58. The van der Waals surface area contributed by atoms with Crippen molar-refractivity contribution in [2.24, 2.45) is 34.5 Å². The smallest absolute Gasteiger partial charge is 0.155 e. The van der Waals surface area contributed by atoms with Crippen LogP contribution in [0.5, 0.6) is 0 Å². The molecule has 0 aromatic rings. The van der Waals surface area contributed by atoms with E-state index in [2.05, 4.69) is 20.8 Å². The van der Waals surface area contributed by atoms with Gasteiger partial charge in [0.2, 0.25) is 0 Å². The Bertz CT molecular complexity index is 548. The highest BCUT2D eigenvalue weighted by molar-refractivity contribution is 5.91. The largest absolute Gasteiger partial charge is 0.393 e. The fourth-order valence-electron chi connectivity index (χ4n) is 7.33. The minimum atomic E-state index is -0.0895. The Labute approximate surface area is 140 Å². The maximum atomic E-state index is 12.0. The van der Waals surface area contributed by atoms with Crippen molar-refractivity contribution in [3.63, 3.8) is 0 Å². The first kappa shape index (κ1) is 15.9. The Hall–Kier alpha value is -0.630. The van der Waals surface area contributed by atoms with Gasteiger partial charge in [-0.2, -0.15) is 0 Å². The zero-order valence-electron chi connectivity index (χ0n) is 15.0. The summed E-state index contributed by atoms with van der Waals surface area (Å²) in [4.78, 5) is 12.0. The predicted molar refractivity (Wildman–Crippen MR) is 91.9 cm³/mol. The highest BCUT2D eigenvalue weighted by Gasteiger charge is 2.60. The zero-order valence-corrected chi connectivity index (χ0v) is 15.0. The number of ketones is 1. The third-order valence-electron chi connectivity index (χ3n) is 8.54. The van der Waals surface area contributed by atoms with Gasteiger partial charge in [0.05, 0.1) is 6.10 Å². The average Bonchev–Trinajstić information content (AvgIpc) is 2.82. The molecule has 4 aliphatic rings. The molecule has 0 saturated heterocycles. The van der Waals surface area contributed by atoms with Crippen LogP contribution < -0.4 is 0 Å². The summed E-state index contributed by atoms with van der Waals surface area (Å²) < 4.78 is 0. The lowest BCUT2D eigenvalue weighted by Crippen LogP contribution is -2.54. The van der Waals surface area contributed by atoms with Crippen molar-refractivity contribution in [3.05, 3.63) is 11.6 Å². The van der Waals surface area contributed by atoms with Crippen LogP contribution in [0.15, 0.2) is 11.6 Å². The van der Waals surface area contributed by atoms with E-state index in [9.17, 15) is 9.90 Å². The summed E-state index contributed by atoms with van der Waals surface area (Å²) >= 11 is 0. The molecule has 0 heterocycles. The Balaban J connectivity index is 1.74. The number of aliphatic hydroxyl groups is 1. The second-order valence-electron chi connectivity index (χ2n) is 9.38. The molecule has 0 aromatic heterocycles. The minimum absolute atomic E-state index is 0.0895. The second-order valence-corrected chi connectivity index (χ2v) is 9.38. The third kappa shape index (κ3) is 2.00. The highest BCUT2D eigenvalue weighted by atomic mass is 16.3. The van der Waals surface area contributed by atoms with Crippen LogP contribution >= 0.6 is 0 Å². The average molecular weight is 316 g/mol. The summed E-state index contributed by atoms with van der Waals surface area (Å²) in [5, 5.41) is 10.6. The van der Waals surface area contributed by atoms with Crippen LogP contribution in [-0.4, -0.2) is 17.0 Å². The Morgan fingerprint density at radius 1 is 1.09 bits per heavy atom. The van der Waals surface area contributed by atoms with Crippen molar-refractivity contribution in [1.82, 2.24) is 0 Å². The minimum Gasteiger partial charge on any atom is -0.393 e. The summed E-state index contributed by atoms with van der Waals surface area (Å²) in [5.41, 5.74) is 1.91. The molecule has 4 aliphatic carbocycles. The van der Waals surface area contributed by atoms with E-state index >= 15 is 0 Å². The molecule has 0 radical (unpaired) electrons. The Morgan fingerprint density at radius 2 is 1.87 bits per heavy atom. The van der Waals surface area contributed by atoms with Gasteiger partial charge in [0.1, 0.15) is 0 Å². The van der Waals surface area contributed by atoms with Crippen molar-refractivity contribution < 1.29 is 9.90 Å². The summed E-state index contributed by atoms with van der Waals surface area (Å²) in [6, 6.07) is 0. The third-order valence-corrected chi connectivity index (χ3v) is 8.54. The van der Waals surface area contributed by atoms with Gasteiger partial charge >= 0.3 is 0 Å². The zero-order chi connectivity index (χ0) is 16.4. The number of aliphatic hydroxyl groups excluding tert-OH is 1. The van der Waals surface area contributed by atoms with Gasteiger partial charge in [-0.05, 0) is 85.5 Å². The quantitative estimate of drug-likeness (QED) is 0.772. The molecule has 3 saturated carbocycles. The summed E-state index contributed by atoms with van der Waals surface area (Å²) in [5.74, 6) is 3.17. The molecule has 2 heteroatoms. The topological polar surface area (TPSA) is 37.3 Å². The number of hydrogen-bond donors (Lipinski definition) is 1. The first-order valence-corrected chi connectivity index (χ1v) is 9.81. The fraction of sp³-hybridized carbons (Fsp3) is 0.857. The van der Waals surface area contributed by atoms with Crippen molar-refractivity contribution in [2.45, 2.75) is 78.2 Å². The molecular weight excluding hydrogens is 284 g/mol. The maximum Gasteiger partial charge on any atom is 0.155 e. The van der Waals surface area contributed by atoms with Gasteiger partial charge < -0.3 is 5.11 Å². The lowest BCUT2D eigenvalue weighted by atomic mass is 9.44. The molecule has 0 unspecified atom stereocenters. The van der Waals surface area contributed by atoms with Crippen LogP contribution in [-0.2, 0) is 4.79 Å². The molecule has 128 valence electrons. The number of carbonyl (C=O) groups excluding carboxylic acids is 1. The van der Waals surface area contributed by atoms with E-state index in [4.69, 9.17) is 0 Å². The summed E-state index contributed by atoms with van der Waals surface area (Å²) in [6.07, 6.45) is 10.8. The first-order valence-electron chi connectivity index (χ1n) is 9.81. The molecule has 6 atom stereocenters. The summed E-state index contributed by atoms with van der Waals surface area (Å²) in [6.45, 7) is 7.11. The molecule has 0 aromatic carbocycles. The number of rotatable bonds is 1. The van der Waals surface area contributed by atoms with E-state index in [0.29, 0.717) is 17.6 Å². The molecule has 1 N–H and O–H groups in total. The maximum absolute atomic E-state index is 12.0. The lowest BCUT2D eigenvalue weighted by molar-refractivity contribution is -0.120. The highest BCUT2D eigenvalue weighted by Crippen LogP contribution is 2.67. The van der Waals surface area contributed by atoms with Crippen LogP contribution in [0.25, 0.3) is 0 Å². The Morgan fingerprint density at radius 3 is 2.61 bits per heavy atom. The number of carbonyl (C=O) groups is 1. The van der Waals surface area contributed by atoms with Crippen LogP contribution in [0.2, 0.25) is 0 Å². The van der Waals surface area contributed by atoms with Gasteiger partial charge in [-0.15, -0.1) is 0 Å². The molecule has 0 spiro atoms. The van der Waals surface area contributed by atoms with E-state index < -0.39 is 0 Å². The van der Waals surface area contributed by atoms with Gasteiger partial charge in [0, 0.05) is 6.42 Å². The van der Waals surface area contributed by atoms with Crippen LogP contribution in [0.4, 0.5) is 0 Å². The van der Waals surface area contributed by atoms with Crippen molar-refractivity contribution in [3.8, 4) is 0 Å². The van der Waals surface area contributed by atoms with Gasteiger partial charge in [0.15, 0.2) is 5.78 Å². The summed E-state index contributed by atoms with van der Waals surface area (Å²) in [7, 11) is 0. The monoisotopic (exact) mass is 316 g/mol. The molecular formula is C21H32O2. The van der Waals surface area contributed by atoms with Gasteiger partial charge in [0.25, 0.3) is 0 Å². The number of allylic oxidation sites excluding steroid dienone is 1. The molecule has 0 amide bonds. The first-order chi connectivity index (χ1) is 10.9. The van der Waals surface area contributed by atoms with Crippen LogP contribution in [0.3, 0.4) is 0 Å². The van der Waals surface area contributed by atoms with E-state index in [0.717, 1.165) is 37.5 Å². The van der Waals surface area contributed by atoms with Crippen molar-refractivity contribution in [2.75, 3.05) is 0 Å².